The molecule has 0 bridgehead atoms. The number of hydrogen-bond donors (Lipinski definition) is 1. The van der Waals surface area contributed by atoms with Crippen molar-refractivity contribution < 1.29 is 4.42 Å². The molecule has 2 heterocycles. The molecule has 1 aromatic carbocycles. The summed E-state index contributed by atoms with van der Waals surface area (Å²) < 4.78 is 8.70. The maximum absolute atomic E-state index is 11.6. The zero-order valence-electron chi connectivity index (χ0n) is 14.8. The Morgan fingerprint density at radius 1 is 1.24 bits per heavy atom. The molecule has 25 heavy (non-hydrogen) atoms. The third-order valence-electron chi connectivity index (χ3n) is 5.20. The number of nitrogens with zero attached hydrogens (tertiary/aromatic N) is 3. The second kappa shape index (κ2) is 6.43. The van der Waals surface area contributed by atoms with Gasteiger partial charge in [0.1, 0.15) is 0 Å². The second-order valence-electron chi connectivity index (χ2n) is 7.01. The normalized spacial score (nSPS) is 15.8. The van der Waals surface area contributed by atoms with Gasteiger partial charge < -0.3 is 9.73 Å². The third kappa shape index (κ3) is 3.08. The van der Waals surface area contributed by atoms with Crippen molar-refractivity contribution >= 4 is 16.8 Å². The van der Waals surface area contributed by atoms with Gasteiger partial charge in [0.25, 0.3) is 0 Å². The minimum atomic E-state index is -0.334. The number of aryl methyl sites for hydroxylation is 2. The Balaban J connectivity index is 1.54. The summed E-state index contributed by atoms with van der Waals surface area (Å²) >= 11 is 0. The van der Waals surface area contributed by atoms with E-state index in [0.717, 1.165) is 17.7 Å². The van der Waals surface area contributed by atoms with Crippen LogP contribution in [0.4, 0.5) is 5.69 Å². The van der Waals surface area contributed by atoms with Crippen molar-refractivity contribution in [3.05, 3.63) is 46.2 Å². The Morgan fingerprint density at radius 3 is 2.84 bits per heavy atom. The third-order valence-corrected chi connectivity index (χ3v) is 5.20. The Hall–Kier alpha value is -2.50. The first-order valence-corrected chi connectivity index (χ1v) is 8.97. The molecule has 0 saturated heterocycles. The van der Waals surface area contributed by atoms with Crippen LogP contribution in [-0.4, -0.2) is 14.3 Å². The molecule has 6 heteroatoms. The summed E-state index contributed by atoms with van der Waals surface area (Å²) in [5.41, 5.74) is 4.85. The summed E-state index contributed by atoms with van der Waals surface area (Å²) in [6.45, 7) is 0.724. The zero-order valence-corrected chi connectivity index (χ0v) is 14.8. The topological polar surface area (TPSA) is 65.0 Å². The molecule has 0 unspecified atom stereocenters. The van der Waals surface area contributed by atoms with E-state index in [0.29, 0.717) is 11.5 Å². The first-order valence-electron chi connectivity index (χ1n) is 8.97. The van der Waals surface area contributed by atoms with E-state index in [-0.39, 0.29) is 5.76 Å². The van der Waals surface area contributed by atoms with E-state index in [4.69, 9.17) is 9.52 Å². The lowest BCUT2D eigenvalue weighted by Gasteiger charge is -2.21. The summed E-state index contributed by atoms with van der Waals surface area (Å²) in [4.78, 5) is 11.6. The molecule has 0 amide bonds. The number of oxazole rings is 1. The highest BCUT2D eigenvalue weighted by Gasteiger charge is 2.21. The van der Waals surface area contributed by atoms with Gasteiger partial charge in [-0.05, 0) is 25.0 Å². The number of hydrogen-bond acceptors (Lipinski definition) is 4. The highest BCUT2D eigenvalue weighted by molar-refractivity contribution is 5.77. The van der Waals surface area contributed by atoms with Gasteiger partial charge in [0, 0.05) is 50.1 Å². The molecule has 0 aliphatic heterocycles. The maximum atomic E-state index is 11.6. The predicted octanol–water partition coefficient (Wildman–Crippen LogP) is 3.52. The van der Waals surface area contributed by atoms with Crippen LogP contribution in [-0.2, 0) is 20.6 Å². The van der Waals surface area contributed by atoms with Crippen LogP contribution >= 0.6 is 0 Å². The average molecular weight is 340 g/mol. The number of benzene rings is 1. The molecule has 6 nitrogen and oxygen atoms in total. The van der Waals surface area contributed by atoms with E-state index in [1.54, 1.807) is 7.05 Å². The Bertz CT molecular complexity index is 944. The van der Waals surface area contributed by atoms with Crippen molar-refractivity contribution in [2.24, 2.45) is 14.1 Å². The molecule has 4 rings (SSSR count). The van der Waals surface area contributed by atoms with Crippen molar-refractivity contribution in [3.8, 4) is 0 Å². The van der Waals surface area contributed by atoms with Crippen LogP contribution in [0.1, 0.15) is 49.3 Å². The molecule has 1 saturated carbocycles. The van der Waals surface area contributed by atoms with Crippen LogP contribution < -0.4 is 11.1 Å². The lowest BCUT2D eigenvalue weighted by molar-refractivity contribution is 0.432. The van der Waals surface area contributed by atoms with Gasteiger partial charge in [0.05, 0.1) is 11.2 Å². The minimum Gasteiger partial charge on any atom is -0.408 e. The summed E-state index contributed by atoms with van der Waals surface area (Å²) in [7, 11) is 3.70. The van der Waals surface area contributed by atoms with Gasteiger partial charge in [-0.2, -0.15) is 5.10 Å². The molecular weight excluding hydrogens is 316 g/mol. The molecule has 0 spiro atoms. The van der Waals surface area contributed by atoms with Crippen LogP contribution in [0.3, 0.4) is 0 Å². The van der Waals surface area contributed by atoms with E-state index in [2.05, 4.69) is 11.5 Å². The summed E-state index contributed by atoms with van der Waals surface area (Å²) in [5.74, 6) is 0.250. The van der Waals surface area contributed by atoms with E-state index < -0.39 is 0 Å². The predicted molar refractivity (Wildman–Crippen MR) is 97.8 cm³/mol. The van der Waals surface area contributed by atoms with Gasteiger partial charge >= 0.3 is 5.76 Å². The molecule has 1 aliphatic rings. The van der Waals surface area contributed by atoms with Gasteiger partial charge in [0.15, 0.2) is 5.58 Å². The fourth-order valence-electron chi connectivity index (χ4n) is 3.85. The molecule has 1 aliphatic carbocycles. The Kier molecular flexibility index (Phi) is 4.11. The van der Waals surface area contributed by atoms with Crippen LogP contribution in [0, 0.1) is 0 Å². The Labute approximate surface area is 146 Å². The zero-order chi connectivity index (χ0) is 17.4. The van der Waals surface area contributed by atoms with Crippen LogP contribution in [0.25, 0.3) is 11.1 Å². The summed E-state index contributed by atoms with van der Waals surface area (Å²) in [5, 5.41) is 8.17. The number of anilines is 1. The van der Waals surface area contributed by atoms with E-state index in [1.807, 2.05) is 29.9 Å². The molecule has 2 aromatic heterocycles. The molecule has 0 atom stereocenters. The number of rotatable bonds is 4. The monoisotopic (exact) mass is 340 g/mol. The van der Waals surface area contributed by atoms with E-state index in [9.17, 15) is 4.79 Å². The van der Waals surface area contributed by atoms with Crippen molar-refractivity contribution in [3.63, 3.8) is 0 Å². The lowest BCUT2D eigenvalue weighted by Crippen LogP contribution is -2.09. The smallest absolute Gasteiger partial charge is 0.408 e. The van der Waals surface area contributed by atoms with Crippen LogP contribution in [0.5, 0.6) is 0 Å². The molecule has 1 N–H and O–H groups in total. The number of fused-ring (bicyclic) bond motifs is 1. The average Bonchev–Trinajstić information content (AvgIpc) is 3.13. The van der Waals surface area contributed by atoms with Crippen molar-refractivity contribution in [2.45, 2.75) is 44.6 Å². The van der Waals surface area contributed by atoms with Gasteiger partial charge in [-0.25, -0.2) is 4.79 Å². The number of aromatic nitrogens is 3. The largest absolute Gasteiger partial charge is 0.419 e. The van der Waals surface area contributed by atoms with Gasteiger partial charge in [-0.3, -0.25) is 9.25 Å². The van der Waals surface area contributed by atoms with Gasteiger partial charge in [-0.15, -0.1) is 0 Å². The quantitative estimate of drug-likeness (QED) is 0.789. The highest BCUT2D eigenvalue weighted by atomic mass is 16.4. The molecule has 1 fully saturated rings. The van der Waals surface area contributed by atoms with Crippen molar-refractivity contribution in [2.75, 3.05) is 5.32 Å². The van der Waals surface area contributed by atoms with E-state index >= 15 is 0 Å². The second-order valence-corrected chi connectivity index (χ2v) is 7.01. The minimum absolute atomic E-state index is 0.334. The van der Waals surface area contributed by atoms with Crippen molar-refractivity contribution in [1.82, 2.24) is 14.3 Å². The SMILES string of the molecule is Cn1cc(CNc2ccc3c(c2)oc(=O)n3C)c(C2CCCCC2)n1. The fraction of sp³-hybridized carbons (Fsp3) is 0.474. The standard InChI is InChI=1S/C19H24N4O2/c1-22-12-14(18(21-22)13-6-4-3-5-7-13)11-20-15-8-9-16-17(10-15)25-19(24)23(16)2/h8-10,12-13,20H,3-7,11H2,1-2H3. The van der Waals surface area contributed by atoms with Gasteiger partial charge in [0.2, 0.25) is 0 Å². The molecule has 3 aromatic rings. The summed E-state index contributed by atoms with van der Waals surface area (Å²) in [6.07, 6.45) is 8.54. The highest BCUT2D eigenvalue weighted by Crippen LogP contribution is 2.33. The van der Waals surface area contributed by atoms with E-state index in [1.165, 1.54) is 47.9 Å². The molecule has 0 radical (unpaired) electrons. The lowest BCUT2D eigenvalue weighted by atomic mass is 9.85. The van der Waals surface area contributed by atoms with Crippen LogP contribution in [0.15, 0.2) is 33.6 Å². The van der Waals surface area contributed by atoms with Crippen molar-refractivity contribution in [1.29, 1.82) is 0 Å². The fourth-order valence-corrected chi connectivity index (χ4v) is 3.85. The Morgan fingerprint density at radius 2 is 2.04 bits per heavy atom. The van der Waals surface area contributed by atoms with Gasteiger partial charge in [-0.1, -0.05) is 19.3 Å². The summed E-state index contributed by atoms with van der Waals surface area (Å²) in [6, 6.07) is 5.77. The molecule has 132 valence electrons. The first kappa shape index (κ1) is 16.0. The molecular formula is C19H24N4O2. The number of nitrogens with one attached hydrogen (secondary N) is 1. The van der Waals surface area contributed by atoms with Crippen LogP contribution in [0.2, 0.25) is 0 Å². The first-order chi connectivity index (χ1) is 12.1. The maximum Gasteiger partial charge on any atom is 0.419 e.